The van der Waals surface area contributed by atoms with E-state index in [0.29, 0.717) is 17.5 Å². The van der Waals surface area contributed by atoms with Crippen molar-refractivity contribution < 1.29 is 0 Å². The maximum atomic E-state index is 5.19. The summed E-state index contributed by atoms with van der Waals surface area (Å²) in [6.45, 7) is 0. The predicted molar refractivity (Wildman–Crippen MR) is 185 cm³/mol. The molecule has 4 nitrogen and oxygen atoms in total. The Bertz CT molecular complexity index is 2530. The molecular weight excluding hydrogens is 548 g/mol. The molecule has 0 spiro atoms. The molecule has 4 heteroatoms. The van der Waals surface area contributed by atoms with Crippen LogP contribution in [0.2, 0.25) is 0 Å². The molecule has 9 aromatic rings. The lowest BCUT2D eigenvalue weighted by atomic mass is 9.97. The van der Waals surface area contributed by atoms with Crippen LogP contribution >= 0.6 is 0 Å². The molecule has 0 aliphatic heterocycles. The van der Waals surface area contributed by atoms with Gasteiger partial charge < -0.3 is 4.57 Å². The molecule has 2 heterocycles. The van der Waals surface area contributed by atoms with Crippen molar-refractivity contribution in [3.63, 3.8) is 0 Å². The Labute approximate surface area is 259 Å². The van der Waals surface area contributed by atoms with Crippen molar-refractivity contribution in [1.82, 2.24) is 19.5 Å². The summed E-state index contributed by atoms with van der Waals surface area (Å²) in [7, 11) is 0. The van der Waals surface area contributed by atoms with Gasteiger partial charge in [0, 0.05) is 33.2 Å². The van der Waals surface area contributed by atoms with Crippen molar-refractivity contribution >= 4 is 43.4 Å². The van der Waals surface area contributed by atoms with Crippen molar-refractivity contribution in [3.8, 4) is 39.9 Å². The molecular formula is C41H26N4. The Kier molecular flexibility index (Phi) is 5.78. The minimum atomic E-state index is 0.642. The van der Waals surface area contributed by atoms with Gasteiger partial charge in [-0.1, -0.05) is 127 Å². The molecule has 0 aliphatic carbocycles. The Balaban J connectivity index is 1.32. The summed E-state index contributed by atoms with van der Waals surface area (Å²) in [5.41, 5.74) is 6.27. The van der Waals surface area contributed by atoms with Crippen LogP contribution < -0.4 is 0 Å². The van der Waals surface area contributed by atoms with E-state index in [1.54, 1.807) is 0 Å². The second-order valence-electron chi connectivity index (χ2n) is 11.3. The van der Waals surface area contributed by atoms with E-state index >= 15 is 0 Å². The zero-order valence-electron chi connectivity index (χ0n) is 24.3. The fourth-order valence-electron chi connectivity index (χ4n) is 6.55. The second-order valence-corrected chi connectivity index (χ2v) is 11.3. The first kappa shape index (κ1) is 25.4. The van der Waals surface area contributed by atoms with Gasteiger partial charge in [-0.05, 0) is 51.9 Å². The average molecular weight is 575 g/mol. The third kappa shape index (κ3) is 4.19. The summed E-state index contributed by atoms with van der Waals surface area (Å²) in [5.74, 6) is 1.95. The standard InChI is InChI=1S/C41H26N4/c1-3-13-27(14-4-1)39-42-40(44-41(43-39)36-25-28-15-7-8-18-31(28)32-19-9-10-20-33(32)36)29-23-24-35-34-21-11-12-22-37(34)45(38(35)26-29)30-16-5-2-6-17-30/h1-26H. The number of benzene rings is 7. The molecule has 2 aromatic heterocycles. The van der Waals surface area contributed by atoms with Crippen LogP contribution in [0.15, 0.2) is 158 Å². The lowest BCUT2D eigenvalue weighted by Gasteiger charge is -2.13. The van der Waals surface area contributed by atoms with E-state index in [1.165, 1.54) is 27.1 Å². The predicted octanol–water partition coefficient (Wildman–Crippen LogP) is 10.3. The molecule has 0 amide bonds. The van der Waals surface area contributed by atoms with E-state index in [4.69, 9.17) is 15.0 Å². The number of para-hydroxylation sites is 2. The summed E-state index contributed by atoms with van der Waals surface area (Å²) in [5, 5.41) is 7.08. The molecule has 0 aliphatic rings. The van der Waals surface area contributed by atoms with Gasteiger partial charge in [-0.25, -0.2) is 15.0 Å². The number of aromatic nitrogens is 4. The highest BCUT2D eigenvalue weighted by atomic mass is 15.0. The average Bonchev–Trinajstić information content (AvgIpc) is 3.45. The Morgan fingerprint density at radius 2 is 0.933 bits per heavy atom. The first-order valence-corrected chi connectivity index (χ1v) is 15.1. The van der Waals surface area contributed by atoms with E-state index in [2.05, 4.69) is 144 Å². The molecule has 9 rings (SSSR count). The van der Waals surface area contributed by atoms with Gasteiger partial charge in [0.2, 0.25) is 0 Å². The lowest BCUT2D eigenvalue weighted by Crippen LogP contribution is -2.01. The topological polar surface area (TPSA) is 43.6 Å². The third-order valence-electron chi connectivity index (χ3n) is 8.62. The molecule has 0 atom stereocenters. The molecule has 0 fully saturated rings. The van der Waals surface area contributed by atoms with Crippen LogP contribution in [0.1, 0.15) is 0 Å². The number of rotatable bonds is 4. The Morgan fingerprint density at radius 1 is 0.356 bits per heavy atom. The monoisotopic (exact) mass is 574 g/mol. The summed E-state index contributed by atoms with van der Waals surface area (Å²) < 4.78 is 2.32. The fraction of sp³-hybridized carbons (Fsp3) is 0. The smallest absolute Gasteiger partial charge is 0.164 e. The van der Waals surface area contributed by atoms with Crippen molar-refractivity contribution in [1.29, 1.82) is 0 Å². The van der Waals surface area contributed by atoms with Gasteiger partial charge in [-0.2, -0.15) is 0 Å². The molecule has 0 unspecified atom stereocenters. The minimum Gasteiger partial charge on any atom is -0.309 e. The molecule has 0 bridgehead atoms. The normalized spacial score (nSPS) is 11.6. The highest BCUT2D eigenvalue weighted by molar-refractivity contribution is 6.13. The molecule has 0 saturated heterocycles. The van der Waals surface area contributed by atoms with E-state index in [1.807, 2.05) is 18.2 Å². The third-order valence-corrected chi connectivity index (χ3v) is 8.62. The van der Waals surface area contributed by atoms with Crippen LogP contribution in [0, 0.1) is 0 Å². The van der Waals surface area contributed by atoms with Crippen molar-refractivity contribution in [2.75, 3.05) is 0 Å². The van der Waals surface area contributed by atoms with E-state index < -0.39 is 0 Å². The van der Waals surface area contributed by atoms with E-state index in [-0.39, 0.29) is 0 Å². The van der Waals surface area contributed by atoms with Crippen LogP contribution in [0.3, 0.4) is 0 Å². The number of nitrogens with zero attached hydrogens (tertiary/aromatic N) is 4. The number of hydrogen-bond acceptors (Lipinski definition) is 3. The summed E-state index contributed by atoms with van der Waals surface area (Å²) >= 11 is 0. The maximum Gasteiger partial charge on any atom is 0.164 e. The first-order valence-electron chi connectivity index (χ1n) is 15.1. The highest BCUT2D eigenvalue weighted by Gasteiger charge is 2.18. The minimum absolute atomic E-state index is 0.642. The van der Waals surface area contributed by atoms with Crippen LogP contribution in [-0.4, -0.2) is 19.5 Å². The van der Waals surface area contributed by atoms with Gasteiger partial charge in [-0.15, -0.1) is 0 Å². The van der Waals surface area contributed by atoms with Crippen LogP contribution in [0.25, 0.3) is 83.2 Å². The lowest BCUT2D eigenvalue weighted by molar-refractivity contribution is 1.08. The molecule has 0 N–H and O–H groups in total. The van der Waals surface area contributed by atoms with Crippen LogP contribution in [0.4, 0.5) is 0 Å². The van der Waals surface area contributed by atoms with Gasteiger partial charge in [0.1, 0.15) is 0 Å². The SMILES string of the molecule is c1ccc(-c2nc(-c3ccc4c5ccccc5n(-c5ccccc5)c4c3)nc(-c3cc4ccccc4c4ccccc34)n2)cc1. The number of fused-ring (bicyclic) bond motifs is 6. The quantitative estimate of drug-likeness (QED) is 0.196. The summed E-state index contributed by atoms with van der Waals surface area (Å²) in [6, 6.07) is 55.0. The molecule has 0 saturated carbocycles. The molecule has 7 aromatic carbocycles. The zero-order valence-corrected chi connectivity index (χ0v) is 24.3. The van der Waals surface area contributed by atoms with Crippen molar-refractivity contribution in [2.45, 2.75) is 0 Å². The zero-order chi connectivity index (χ0) is 29.7. The van der Waals surface area contributed by atoms with Crippen LogP contribution in [-0.2, 0) is 0 Å². The van der Waals surface area contributed by atoms with Crippen LogP contribution in [0.5, 0.6) is 0 Å². The highest BCUT2D eigenvalue weighted by Crippen LogP contribution is 2.37. The molecule has 0 radical (unpaired) electrons. The number of hydrogen-bond donors (Lipinski definition) is 0. The Morgan fingerprint density at radius 3 is 1.73 bits per heavy atom. The molecule has 45 heavy (non-hydrogen) atoms. The van der Waals surface area contributed by atoms with Crippen molar-refractivity contribution in [2.24, 2.45) is 0 Å². The summed E-state index contributed by atoms with van der Waals surface area (Å²) in [4.78, 5) is 15.4. The second kappa shape index (κ2) is 10.2. The molecule has 210 valence electrons. The van der Waals surface area contributed by atoms with Gasteiger partial charge in [0.15, 0.2) is 17.5 Å². The van der Waals surface area contributed by atoms with E-state index in [0.717, 1.165) is 38.7 Å². The van der Waals surface area contributed by atoms with Crippen molar-refractivity contribution in [3.05, 3.63) is 158 Å². The summed E-state index contributed by atoms with van der Waals surface area (Å²) in [6.07, 6.45) is 0. The van der Waals surface area contributed by atoms with Gasteiger partial charge in [0.25, 0.3) is 0 Å². The van der Waals surface area contributed by atoms with Gasteiger partial charge in [-0.3, -0.25) is 0 Å². The largest absolute Gasteiger partial charge is 0.309 e. The van der Waals surface area contributed by atoms with Gasteiger partial charge >= 0.3 is 0 Å². The first-order chi connectivity index (χ1) is 22.3. The fourth-order valence-corrected chi connectivity index (χ4v) is 6.55. The maximum absolute atomic E-state index is 5.19. The van der Waals surface area contributed by atoms with Gasteiger partial charge in [0.05, 0.1) is 11.0 Å². The Hall–Kier alpha value is -6.13. The van der Waals surface area contributed by atoms with E-state index in [9.17, 15) is 0 Å².